The molecular formula is C17H15Cl2NO4. The van der Waals surface area contributed by atoms with Gasteiger partial charge in [-0.1, -0.05) is 23.2 Å². The number of ether oxygens (including phenoxy) is 2. The number of hydrogen-bond donors (Lipinski definition) is 1. The molecule has 126 valence electrons. The topological polar surface area (TPSA) is 64.6 Å². The van der Waals surface area contributed by atoms with Crippen LogP contribution in [0.5, 0.6) is 5.75 Å². The van der Waals surface area contributed by atoms with Gasteiger partial charge in [-0.05, 0) is 49.4 Å². The number of carbonyl (C=O) groups excluding carboxylic acids is 2. The summed E-state index contributed by atoms with van der Waals surface area (Å²) in [5, 5.41) is 3.49. The second-order valence-electron chi connectivity index (χ2n) is 4.89. The van der Waals surface area contributed by atoms with Crippen LogP contribution in [0.3, 0.4) is 0 Å². The van der Waals surface area contributed by atoms with Crippen molar-refractivity contribution in [1.82, 2.24) is 0 Å². The SMILES string of the molecule is COc1ccc(NC(=O)[C@@H](C)OC(=O)c2ccc(Cl)cc2)cc1Cl. The van der Waals surface area contributed by atoms with Gasteiger partial charge < -0.3 is 14.8 Å². The highest BCUT2D eigenvalue weighted by molar-refractivity contribution is 6.32. The van der Waals surface area contributed by atoms with Crippen molar-refractivity contribution in [2.75, 3.05) is 12.4 Å². The molecule has 1 N–H and O–H groups in total. The fraction of sp³-hybridized carbons (Fsp3) is 0.176. The van der Waals surface area contributed by atoms with E-state index >= 15 is 0 Å². The lowest BCUT2D eigenvalue weighted by Gasteiger charge is -2.14. The van der Waals surface area contributed by atoms with E-state index in [0.717, 1.165) is 0 Å². The van der Waals surface area contributed by atoms with Crippen LogP contribution in [0.25, 0.3) is 0 Å². The molecule has 0 bridgehead atoms. The van der Waals surface area contributed by atoms with Crippen LogP contribution in [-0.4, -0.2) is 25.1 Å². The molecule has 2 aromatic carbocycles. The minimum atomic E-state index is -0.978. The van der Waals surface area contributed by atoms with E-state index in [1.807, 2.05) is 0 Å². The van der Waals surface area contributed by atoms with Gasteiger partial charge in [0.1, 0.15) is 5.75 Å². The molecule has 0 aromatic heterocycles. The first-order valence-electron chi connectivity index (χ1n) is 7.01. The number of halogens is 2. The molecule has 0 aliphatic heterocycles. The largest absolute Gasteiger partial charge is 0.495 e. The van der Waals surface area contributed by atoms with Gasteiger partial charge in [0.15, 0.2) is 6.10 Å². The van der Waals surface area contributed by atoms with Crippen molar-refractivity contribution in [3.63, 3.8) is 0 Å². The molecule has 2 aromatic rings. The minimum Gasteiger partial charge on any atom is -0.495 e. The summed E-state index contributed by atoms with van der Waals surface area (Å²) in [6.07, 6.45) is -0.978. The normalized spacial score (nSPS) is 11.5. The molecule has 24 heavy (non-hydrogen) atoms. The second-order valence-corrected chi connectivity index (χ2v) is 5.74. The standard InChI is InChI=1S/C17H15Cl2NO4/c1-10(24-17(22)11-3-5-12(18)6-4-11)16(21)20-13-7-8-15(23-2)14(19)9-13/h3-10H,1-2H3,(H,20,21)/t10-/m1/s1. The van der Waals surface area contributed by atoms with E-state index in [-0.39, 0.29) is 0 Å². The van der Waals surface area contributed by atoms with E-state index in [4.69, 9.17) is 32.7 Å². The lowest BCUT2D eigenvalue weighted by Crippen LogP contribution is -2.30. The summed E-state index contributed by atoms with van der Waals surface area (Å²) in [5.74, 6) is -0.586. The number of amides is 1. The molecule has 5 nitrogen and oxygen atoms in total. The van der Waals surface area contributed by atoms with Crippen molar-refractivity contribution in [1.29, 1.82) is 0 Å². The molecule has 1 atom stereocenters. The van der Waals surface area contributed by atoms with Gasteiger partial charge in [-0.3, -0.25) is 4.79 Å². The van der Waals surface area contributed by atoms with Gasteiger partial charge in [-0.15, -0.1) is 0 Å². The fourth-order valence-corrected chi connectivity index (χ4v) is 2.24. The molecule has 7 heteroatoms. The van der Waals surface area contributed by atoms with E-state index < -0.39 is 18.0 Å². The van der Waals surface area contributed by atoms with E-state index in [1.165, 1.54) is 26.2 Å². The van der Waals surface area contributed by atoms with Crippen LogP contribution in [-0.2, 0) is 9.53 Å². The maximum atomic E-state index is 12.1. The van der Waals surface area contributed by atoms with Gasteiger partial charge in [0, 0.05) is 10.7 Å². The van der Waals surface area contributed by atoms with Crippen LogP contribution in [0.2, 0.25) is 10.0 Å². The average Bonchev–Trinajstić information content (AvgIpc) is 2.55. The predicted octanol–water partition coefficient (Wildman–Crippen LogP) is 4.19. The first kappa shape index (κ1) is 18.1. The Morgan fingerprint density at radius 1 is 1.08 bits per heavy atom. The summed E-state index contributed by atoms with van der Waals surface area (Å²) in [6, 6.07) is 11.0. The summed E-state index contributed by atoms with van der Waals surface area (Å²) in [5.41, 5.74) is 0.784. The number of anilines is 1. The molecule has 2 rings (SSSR count). The van der Waals surface area contributed by atoms with E-state index in [0.29, 0.717) is 27.0 Å². The molecule has 0 aliphatic rings. The molecule has 0 heterocycles. The first-order valence-corrected chi connectivity index (χ1v) is 7.77. The molecule has 0 fully saturated rings. The third kappa shape index (κ3) is 4.63. The summed E-state index contributed by atoms with van der Waals surface area (Å²) in [7, 11) is 1.50. The van der Waals surface area contributed by atoms with Gasteiger partial charge in [0.25, 0.3) is 5.91 Å². The van der Waals surface area contributed by atoms with E-state index in [1.54, 1.807) is 30.3 Å². The highest BCUT2D eigenvalue weighted by Gasteiger charge is 2.19. The number of esters is 1. The van der Waals surface area contributed by atoms with Gasteiger partial charge in [-0.2, -0.15) is 0 Å². The van der Waals surface area contributed by atoms with Crippen molar-refractivity contribution in [3.05, 3.63) is 58.1 Å². The van der Waals surface area contributed by atoms with Crippen molar-refractivity contribution in [2.24, 2.45) is 0 Å². The summed E-state index contributed by atoms with van der Waals surface area (Å²) < 4.78 is 10.2. The van der Waals surface area contributed by atoms with Crippen molar-refractivity contribution in [2.45, 2.75) is 13.0 Å². The molecule has 0 saturated carbocycles. The first-order chi connectivity index (χ1) is 11.4. The monoisotopic (exact) mass is 367 g/mol. The van der Waals surface area contributed by atoms with Crippen LogP contribution in [0.15, 0.2) is 42.5 Å². The van der Waals surface area contributed by atoms with E-state index in [9.17, 15) is 9.59 Å². The zero-order chi connectivity index (χ0) is 17.7. The summed E-state index contributed by atoms with van der Waals surface area (Å²) >= 11 is 11.8. The third-order valence-corrected chi connectivity index (χ3v) is 3.70. The highest BCUT2D eigenvalue weighted by Crippen LogP contribution is 2.27. The summed E-state index contributed by atoms with van der Waals surface area (Å²) in [4.78, 5) is 24.1. The molecule has 0 aliphatic carbocycles. The Balaban J connectivity index is 1.98. The average molecular weight is 368 g/mol. The maximum Gasteiger partial charge on any atom is 0.338 e. The smallest absolute Gasteiger partial charge is 0.338 e. The quantitative estimate of drug-likeness (QED) is 0.804. The Hall–Kier alpha value is -2.24. The maximum absolute atomic E-state index is 12.1. The van der Waals surface area contributed by atoms with Crippen LogP contribution < -0.4 is 10.1 Å². The number of hydrogen-bond acceptors (Lipinski definition) is 4. The second kappa shape index (κ2) is 8.04. The van der Waals surface area contributed by atoms with Crippen molar-refractivity contribution >= 4 is 40.8 Å². The van der Waals surface area contributed by atoms with Gasteiger partial charge in [-0.25, -0.2) is 4.79 Å². The van der Waals surface area contributed by atoms with Crippen LogP contribution in [0, 0.1) is 0 Å². The minimum absolute atomic E-state index is 0.312. The molecule has 0 unspecified atom stereocenters. The van der Waals surface area contributed by atoms with Crippen LogP contribution >= 0.6 is 23.2 Å². The zero-order valence-electron chi connectivity index (χ0n) is 13.0. The van der Waals surface area contributed by atoms with Gasteiger partial charge in [0.05, 0.1) is 17.7 Å². The third-order valence-electron chi connectivity index (χ3n) is 3.15. The number of carbonyl (C=O) groups is 2. The van der Waals surface area contributed by atoms with Crippen molar-refractivity contribution < 1.29 is 19.1 Å². The molecule has 1 amide bonds. The Morgan fingerprint density at radius 3 is 2.33 bits per heavy atom. The molecule has 0 spiro atoms. The van der Waals surface area contributed by atoms with Crippen LogP contribution in [0.1, 0.15) is 17.3 Å². The Bertz CT molecular complexity index is 747. The van der Waals surface area contributed by atoms with E-state index in [2.05, 4.69) is 5.32 Å². The number of rotatable bonds is 5. The summed E-state index contributed by atoms with van der Waals surface area (Å²) in [6.45, 7) is 1.48. The Morgan fingerprint density at radius 2 is 1.75 bits per heavy atom. The predicted molar refractivity (Wildman–Crippen MR) is 93.0 cm³/mol. The fourth-order valence-electron chi connectivity index (χ4n) is 1.86. The van der Waals surface area contributed by atoms with Gasteiger partial charge >= 0.3 is 5.97 Å². The molecule has 0 saturated heterocycles. The lowest BCUT2D eigenvalue weighted by atomic mass is 10.2. The molecular weight excluding hydrogens is 353 g/mol. The van der Waals surface area contributed by atoms with Crippen LogP contribution in [0.4, 0.5) is 5.69 Å². The Labute approximate surface area is 149 Å². The zero-order valence-corrected chi connectivity index (χ0v) is 14.5. The highest BCUT2D eigenvalue weighted by atomic mass is 35.5. The lowest BCUT2D eigenvalue weighted by molar-refractivity contribution is -0.123. The molecule has 0 radical (unpaired) electrons. The number of nitrogens with one attached hydrogen (secondary N) is 1. The Kier molecular flexibility index (Phi) is 6.06. The number of methoxy groups -OCH3 is 1. The number of benzene rings is 2. The van der Waals surface area contributed by atoms with Crippen molar-refractivity contribution in [3.8, 4) is 5.75 Å². The van der Waals surface area contributed by atoms with Gasteiger partial charge in [0.2, 0.25) is 0 Å².